The van der Waals surface area contributed by atoms with Crippen LogP contribution in [-0.2, 0) is 9.84 Å². The largest absolute Gasteiger partial charge is 0.390 e. The van der Waals surface area contributed by atoms with Crippen LogP contribution in [0, 0.1) is 5.92 Å². The molecule has 1 fully saturated rings. The monoisotopic (exact) mass is 214 g/mol. The fourth-order valence-corrected chi connectivity index (χ4v) is 3.38. The van der Waals surface area contributed by atoms with Gasteiger partial charge >= 0.3 is 0 Å². The Morgan fingerprint density at radius 3 is 2.46 bits per heavy atom. The summed E-state index contributed by atoms with van der Waals surface area (Å²) < 4.78 is 47.0. The van der Waals surface area contributed by atoms with Crippen LogP contribution in [0.3, 0.4) is 0 Å². The fourth-order valence-electron chi connectivity index (χ4n) is 1.52. The number of aliphatic hydroxyl groups excluding tert-OH is 1. The molecule has 0 aromatic rings. The van der Waals surface area contributed by atoms with Crippen molar-refractivity contribution in [2.24, 2.45) is 5.92 Å². The van der Waals surface area contributed by atoms with Crippen molar-refractivity contribution in [3.05, 3.63) is 0 Å². The molecule has 1 rings (SSSR count). The highest BCUT2D eigenvalue weighted by atomic mass is 32.2. The average Bonchev–Trinajstić information content (AvgIpc) is 2.29. The smallest absolute Gasteiger partial charge is 0.271 e. The molecule has 0 radical (unpaired) electrons. The number of rotatable bonds is 3. The van der Waals surface area contributed by atoms with Crippen LogP contribution < -0.4 is 0 Å². The minimum Gasteiger partial charge on any atom is -0.390 e. The zero-order valence-corrected chi connectivity index (χ0v) is 7.86. The maximum absolute atomic E-state index is 12.6. The summed E-state index contributed by atoms with van der Waals surface area (Å²) >= 11 is 0. The van der Waals surface area contributed by atoms with E-state index in [0.717, 1.165) is 0 Å². The van der Waals surface area contributed by atoms with Gasteiger partial charge in [-0.15, -0.1) is 0 Å². The molecule has 0 bridgehead atoms. The lowest BCUT2D eigenvalue weighted by molar-refractivity contribution is -0.0655. The number of hydrogen-bond acceptors (Lipinski definition) is 3. The van der Waals surface area contributed by atoms with E-state index < -0.39 is 34.7 Å². The highest BCUT2D eigenvalue weighted by molar-refractivity contribution is 7.91. The van der Waals surface area contributed by atoms with Crippen molar-refractivity contribution in [3.63, 3.8) is 0 Å². The van der Waals surface area contributed by atoms with Crippen LogP contribution in [0.4, 0.5) is 8.78 Å². The summed E-state index contributed by atoms with van der Waals surface area (Å²) in [5.74, 6) is -3.79. The fraction of sp³-hybridized carbons (Fsp3) is 1.00. The van der Waals surface area contributed by atoms with Gasteiger partial charge in [-0.2, -0.15) is 0 Å². The lowest BCUT2D eigenvalue weighted by Gasteiger charge is -2.16. The second kappa shape index (κ2) is 3.49. The maximum atomic E-state index is 12.6. The molecule has 0 aliphatic carbocycles. The Balaban J connectivity index is 2.50. The molecule has 1 aliphatic rings. The molecule has 78 valence electrons. The van der Waals surface area contributed by atoms with Crippen molar-refractivity contribution >= 4 is 9.84 Å². The van der Waals surface area contributed by atoms with Gasteiger partial charge in [0.15, 0.2) is 9.84 Å². The Morgan fingerprint density at radius 2 is 2.08 bits per heavy atom. The van der Waals surface area contributed by atoms with Gasteiger partial charge in [0, 0.05) is 6.42 Å². The van der Waals surface area contributed by atoms with E-state index in [1.165, 1.54) is 0 Å². The van der Waals surface area contributed by atoms with Crippen molar-refractivity contribution in [1.82, 2.24) is 0 Å². The summed E-state index contributed by atoms with van der Waals surface area (Å²) in [6.45, 7) is -1.20. The van der Waals surface area contributed by atoms with Crippen LogP contribution in [0.2, 0.25) is 0 Å². The predicted octanol–water partition coefficient (Wildman–Crippen LogP) is 0.439. The highest BCUT2D eigenvalue weighted by Gasteiger charge is 2.37. The van der Waals surface area contributed by atoms with Gasteiger partial charge in [-0.05, 0) is 12.3 Å². The molecule has 13 heavy (non-hydrogen) atoms. The van der Waals surface area contributed by atoms with E-state index in [1.54, 1.807) is 0 Å². The van der Waals surface area contributed by atoms with E-state index >= 15 is 0 Å². The van der Waals surface area contributed by atoms with E-state index in [2.05, 4.69) is 0 Å². The van der Waals surface area contributed by atoms with E-state index in [-0.39, 0.29) is 17.9 Å². The van der Waals surface area contributed by atoms with Gasteiger partial charge in [0.1, 0.15) is 6.61 Å². The Bertz CT molecular complexity index is 273. The molecular formula is C7H12F2O3S. The van der Waals surface area contributed by atoms with Crippen LogP contribution in [0.25, 0.3) is 0 Å². The number of halogens is 2. The van der Waals surface area contributed by atoms with Gasteiger partial charge in [0.05, 0.1) is 11.5 Å². The van der Waals surface area contributed by atoms with Crippen molar-refractivity contribution in [1.29, 1.82) is 0 Å². The second-order valence-electron chi connectivity index (χ2n) is 3.49. The molecular weight excluding hydrogens is 202 g/mol. The molecule has 0 saturated carbocycles. The predicted molar refractivity (Wildman–Crippen MR) is 43.4 cm³/mol. The molecule has 6 heteroatoms. The third-order valence-corrected chi connectivity index (χ3v) is 3.98. The summed E-state index contributed by atoms with van der Waals surface area (Å²) in [6.07, 6.45) is -0.235. The molecule has 0 aromatic heterocycles. The van der Waals surface area contributed by atoms with Gasteiger partial charge in [0.25, 0.3) is 5.92 Å². The summed E-state index contributed by atoms with van der Waals surface area (Å²) in [5.41, 5.74) is 0. The summed E-state index contributed by atoms with van der Waals surface area (Å²) in [6, 6.07) is 0. The Morgan fingerprint density at radius 1 is 1.46 bits per heavy atom. The zero-order valence-electron chi connectivity index (χ0n) is 7.04. The summed E-state index contributed by atoms with van der Waals surface area (Å²) in [4.78, 5) is 0. The number of sulfone groups is 1. The van der Waals surface area contributed by atoms with E-state index in [0.29, 0.717) is 0 Å². The molecule has 3 nitrogen and oxygen atoms in total. The van der Waals surface area contributed by atoms with Gasteiger partial charge in [-0.25, -0.2) is 17.2 Å². The Labute approximate surface area is 75.7 Å². The third-order valence-electron chi connectivity index (χ3n) is 2.15. The summed E-state index contributed by atoms with van der Waals surface area (Å²) in [7, 11) is -3.09. The quantitative estimate of drug-likeness (QED) is 0.741. The van der Waals surface area contributed by atoms with Gasteiger partial charge in [-0.1, -0.05) is 0 Å². The zero-order chi connectivity index (χ0) is 10.1. The molecule has 0 aromatic carbocycles. The van der Waals surface area contributed by atoms with E-state index in [9.17, 15) is 17.2 Å². The minimum atomic E-state index is -3.13. The normalized spacial score (nSPS) is 27.8. The second-order valence-corrected chi connectivity index (χ2v) is 5.72. The van der Waals surface area contributed by atoms with E-state index in [4.69, 9.17) is 5.11 Å². The van der Waals surface area contributed by atoms with Crippen LogP contribution in [0.1, 0.15) is 12.8 Å². The molecule has 1 heterocycles. The van der Waals surface area contributed by atoms with Crippen molar-refractivity contribution in [3.8, 4) is 0 Å². The van der Waals surface area contributed by atoms with Crippen LogP contribution >= 0.6 is 0 Å². The Hall–Kier alpha value is -0.230. The van der Waals surface area contributed by atoms with Crippen molar-refractivity contribution < 1.29 is 22.3 Å². The van der Waals surface area contributed by atoms with Crippen molar-refractivity contribution in [2.75, 3.05) is 18.1 Å². The lowest BCUT2D eigenvalue weighted by Crippen LogP contribution is -2.25. The third kappa shape index (κ3) is 3.19. The van der Waals surface area contributed by atoms with Crippen LogP contribution in [0.5, 0.6) is 0 Å². The van der Waals surface area contributed by atoms with Crippen LogP contribution in [-0.4, -0.2) is 37.6 Å². The van der Waals surface area contributed by atoms with Gasteiger partial charge in [-0.3, -0.25) is 0 Å². The topological polar surface area (TPSA) is 54.4 Å². The van der Waals surface area contributed by atoms with Crippen molar-refractivity contribution in [2.45, 2.75) is 18.8 Å². The average molecular weight is 214 g/mol. The van der Waals surface area contributed by atoms with Crippen LogP contribution in [0.15, 0.2) is 0 Å². The highest BCUT2D eigenvalue weighted by Crippen LogP contribution is 2.30. The van der Waals surface area contributed by atoms with Gasteiger partial charge in [0.2, 0.25) is 0 Å². The standard InChI is InChI=1S/C7H12F2O3S/c8-7(9,5-10)3-6-1-2-13(11,12)4-6/h6,10H,1-5H2. The molecule has 1 aliphatic heterocycles. The molecule has 1 N–H and O–H groups in total. The van der Waals surface area contributed by atoms with Gasteiger partial charge < -0.3 is 5.11 Å². The SMILES string of the molecule is O=S1(=O)CCC(CC(F)(F)CO)C1. The minimum absolute atomic E-state index is 0.000818. The molecule has 1 saturated heterocycles. The first-order valence-electron chi connectivity index (χ1n) is 4.04. The Kier molecular flexibility index (Phi) is 2.91. The maximum Gasteiger partial charge on any atom is 0.271 e. The first kappa shape index (κ1) is 10.8. The molecule has 1 atom stereocenters. The molecule has 0 amide bonds. The number of alkyl halides is 2. The number of hydrogen-bond donors (Lipinski definition) is 1. The molecule has 0 spiro atoms. The first-order chi connectivity index (χ1) is 5.85. The number of aliphatic hydroxyl groups is 1. The first-order valence-corrected chi connectivity index (χ1v) is 5.86. The lowest BCUT2D eigenvalue weighted by atomic mass is 10.0. The molecule has 1 unspecified atom stereocenters. The summed E-state index contributed by atoms with van der Waals surface area (Å²) in [5, 5.41) is 8.29. The van der Waals surface area contributed by atoms with E-state index in [1.807, 2.05) is 0 Å².